The van der Waals surface area contributed by atoms with Gasteiger partial charge in [0.1, 0.15) is 11.6 Å². The van der Waals surface area contributed by atoms with Gasteiger partial charge < -0.3 is 10.3 Å². The van der Waals surface area contributed by atoms with E-state index in [1.807, 2.05) is 0 Å². The quantitative estimate of drug-likeness (QED) is 0.545. The van der Waals surface area contributed by atoms with Crippen molar-refractivity contribution in [2.24, 2.45) is 5.73 Å². The van der Waals surface area contributed by atoms with Gasteiger partial charge in [-0.1, -0.05) is 13.8 Å². The number of piperidine rings is 1. The minimum atomic E-state index is 0.310. The van der Waals surface area contributed by atoms with Crippen molar-refractivity contribution in [2.45, 2.75) is 89.9 Å². The van der Waals surface area contributed by atoms with Crippen molar-refractivity contribution < 1.29 is 0 Å². The summed E-state index contributed by atoms with van der Waals surface area (Å²) in [7, 11) is 0. The molecule has 2 unspecified atom stereocenters. The van der Waals surface area contributed by atoms with Crippen LogP contribution in [-0.2, 0) is 0 Å². The van der Waals surface area contributed by atoms with Crippen LogP contribution in [0.5, 0.6) is 0 Å². The van der Waals surface area contributed by atoms with Gasteiger partial charge >= 0.3 is 0 Å². The van der Waals surface area contributed by atoms with Crippen LogP contribution in [0.2, 0.25) is 0 Å². The van der Waals surface area contributed by atoms with E-state index in [9.17, 15) is 0 Å². The van der Waals surface area contributed by atoms with Crippen molar-refractivity contribution in [2.75, 3.05) is 6.54 Å². The van der Waals surface area contributed by atoms with Crippen LogP contribution in [-0.4, -0.2) is 44.3 Å². The fourth-order valence-electron chi connectivity index (χ4n) is 4.40. The highest BCUT2D eigenvalue weighted by Crippen LogP contribution is 2.42. The lowest BCUT2D eigenvalue weighted by atomic mass is 9.95. The zero-order valence-electron chi connectivity index (χ0n) is 15.3. The molecule has 2 fully saturated rings. The van der Waals surface area contributed by atoms with Crippen LogP contribution in [0.25, 0.3) is 0 Å². The Morgan fingerprint density at radius 3 is 2.17 bits per heavy atom. The fourth-order valence-corrected chi connectivity index (χ4v) is 4.40. The number of fused-ring (bicyclic) bond motifs is 2. The lowest BCUT2D eigenvalue weighted by molar-refractivity contribution is 0.102. The molecule has 5 nitrogen and oxygen atoms in total. The van der Waals surface area contributed by atoms with Crippen molar-refractivity contribution in [3.63, 3.8) is 0 Å². The van der Waals surface area contributed by atoms with Gasteiger partial charge in [-0.25, -0.2) is 0 Å². The zero-order chi connectivity index (χ0) is 17.9. The third-order valence-electron chi connectivity index (χ3n) is 5.48. The van der Waals surface area contributed by atoms with Gasteiger partial charge in [0.2, 0.25) is 0 Å². The highest BCUT2D eigenvalue weighted by atomic mass is 128. The van der Waals surface area contributed by atoms with Crippen LogP contribution in [0.3, 0.4) is 0 Å². The number of halogens is 2. The zero-order valence-corrected chi connectivity index (χ0v) is 19.6. The average molecular weight is 559 g/mol. The monoisotopic (exact) mass is 559 g/mol. The molecule has 0 aliphatic carbocycles. The van der Waals surface area contributed by atoms with E-state index in [4.69, 9.17) is 5.73 Å². The maximum Gasteiger partial charge on any atom is 0.135 e. The highest BCUT2D eigenvalue weighted by Gasteiger charge is 2.41. The Kier molecular flexibility index (Phi) is 8.20. The Bertz CT molecular complexity index is 503. The van der Waals surface area contributed by atoms with Gasteiger partial charge in [0.25, 0.3) is 0 Å². The second kappa shape index (κ2) is 9.45. The van der Waals surface area contributed by atoms with Crippen molar-refractivity contribution in [1.29, 1.82) is 0 Å². The van der Waals surface area contributed by atoms with E-state index >= 15 is 0 Å². The maximum absolute atomic E-state index is 5.95. The number of rotatable bonds is 5. The molecule has 1 aromatic rings. The van der Waals surface area contributed by atoms with Crippen LogP contribution in [0.4, 0.5) is 0 Å². The predicted octanol–water partition coefficient (Wildman–Crippen LogP) is 4.39. The third kappa shape index (κ3) is 4.62. The van der Waals surface area contributed by atoms with Gasteiger partial charge in [-0.3, -0.25) is 4.90 Å². The molecule has 2 bridgehead atoms. The topological polar surface area (TPSA) is 60.0 Å². The molecular formula is C17H31I2N5. The first kappa shape index (κ1) is 20.8. The molecule has 7 heteroatoms. The number of aromatic nitrogens is 3. The number of aryl methyl sites for hydroxylation is 1. The molecule has 2 saturated heterocycles. The minimum absolute atomic E-state index is 0.310. The Labute approximate surface area is 169 Å². The summed E-state index contributed by atoms with van der Waals surface area (Å²) in [5.41, 5.74) is 5.95. The molecular weight excluding hydrogens is 528 g/mol. The Balaban J connectivity index is 0.00000100. The van der Waals surface area contributed by atoms with E-state index in [1.165, 1.54) is 25.7 Å². The van der Waals surface area contributed by atoms with Crippen LogP contribution in [0.15, 0.2) is 0 Å². The highest BCUT2D eigenvalue weighted by molar-refractivity contribution is 15.0. The normalized spacial score (nSPS) is 27.9. The summed E-state index contributed by atoms with van der Waals surface area (Å²) in [4.78, 5) is 2.73. The summed E-state index contributed by atoms with van der Waals surface area (Å²) in [5, 5.41) is 8.77. The summed E-state index contributed by atoms with van der Waals surface area (Å²) >= 11 is 4.24. The van der Waals surface area contributed by atoms with Gasteiger partial charge in [-0.2, -0.15) is 0 Å². The van der Waals surface area contributed by atoms with E-state index in [2.05, 4.69) is 84.6 Å². The number of hydrogen-bond donors (Lipinski definition) is 1. The largest absolute Gasteiger partial charge is 0.328 e. The molecule has 0 radical (unpaired) electrons. The molecule has 24 heavy (non-hydrogen) atoms. The second-order valence-corrected chi connectivity index (χ2v) is 7.64. The summed E-state index contributed by atoms with van der Waals surface area (Å²) < 4.78 is 2.43. The van der Waals surface area contributed by atoms with Crippen LogP contribution < -0.4 is 5.73 Å². The average Bonchev–Trinajstić information content (AvgIpc) is 3.04. The number of nitrogens with two attached hydrogens (primary N) is 1. The lowest BCUT2D eigenvalue weighted by Crippen LogP contribution is -2.45. The molecule has 2 N–H and O–H groups in total. The molecule has 0 aromatic carbocycles. The van der Waals surface area contributed by atoms with E-state index in [0.29, 0.717) is 18.0 Å². The predicted molar refractivity (Wildman–Crippen MR) is 117 cm³/mol. The van der Waals surface area contributed by atoms with Crippen LogP contribution in [0, 0.1) is 6.92 Å². The first-order chi connectivity index (χ1) is 11.5. The summed E-state index contributed by atoms with van der Waals surface area (Å²) in [6.45, 7) is 9.81. The molecule has 2 aliphatic heterocycles. The number of hydrogen-bond acceptors (Lipinski definition) is 4. The van der Waals surface area contributed by atoms with Crippen molar-refractivity contribution >= 4 is 37.2 Å². The summed E-state index contributed by atoms with van der Waals surface area (Å²) in [5.74, 6) is 2.68. The van der Waals surface area contributed by atoms with Gasteiger partial charge in [0.05, 0.1) is 0 Å². The third-order valence-corrected chi connectivity index (χ3v) is 5.48. The van der Waals surface area contributed by atoms with Crippen LogP contribution >= 0.6 is 37.2 Å². The van der Waals surface area contributed by atoms with Gasteiger partial charge in [-0.05, 0) is 46.0 Å². The first-order valence-electron chi connectivity index (χ1n) is 9.04. The smallest absolute Gasteiger partial charge is 0.135 e. The van der Waals surface area contributed by atoms with Crippen molar-refractivity contribution in [3.05, 3.63) is 11.6 Å². The minimum Gasteiger partial charge on any atom is -0.328 e. The summed E-state index contributed by atoms with van der Waals surface area (Å²) in [6, 6.07) is 2.34. The van der Waals surface area contributed by atoms with Gasteiger partial charge in [0, 0.05) is 73.9 Å². The van der Waals surface area contributed by atoms with E-state index in [-0.39, 0.29) is 0 Å². The van der Waals surface area contributed by atoms with Gasteiger partial charge in [0.15, 0.2) is 0 Å². The van der Waals surface area contributed by atoms with E-state index < -0.39 is 0 Å². The van der Waals surface area contributed by atoms with E-state index in [1.54, 1.807) is 0 Å². The maximum atomic E-state index is 5.95. The first-order valence-corrected chi connectivity index (χ1v) is 15.3. The molecule has 0 amide bonds. The van der Waals surface area contributed by atoms with Gasteiger partial charge in [-0.15, -0.1) is 10.2 Å². The number of nitrogens with zero attached hydrogens (tertiary/aromatic N) is 4. The Morgan fingerprint density at radius 2 is 1.67 bits per heavy atom. The van der Waals surface area contributed by atoms with Crippen molar-refractivity contribution in [1.82, 2.24) is 19.7 Å². The molecule has 2 aliphatic rings. The molecule has 0 saturated carbocycles. The molecule has 138 valence electrons. The molecule has 3 heterocycles. The van der Waals surface area contributed by atoms with Crippen LogP contribution in [0.1, 0.15) is 76.5 Å². The lowest BCUT2D eigenvalue weighted by Gasteiger charge is -2.40. The molecule has 3 atom stereocenters. The van der Waals surface area contributed by atoms with E-state index in [0.717, 1.165) is 36.7 Å². The SMILES string of the molecule is Cc1nnc(C(C)C)n1C1CC2CCC(C1)N2CC[C@@H](C)N.II. The summed E-state index contributed by atoms with van der Waals surface area (Å²) in [6.07, 6.45) is 6.29. The van der Waals surface area contributed by atoms with Crippen molar-refractivity contribution in [3.8, 4) is 0 Å². The molecule has 3 rings (SSSR count). The second-order valence-electron chi connectivity index (χ2n) is 7.64. The standard InChI is InChI=1S/C17H31N5.I2/c1-11(2)17-20-19-13(4)22(17)16-9-14-5-6-15(10-16)21(14)8-7-12(3)18;1-2/h11-12,14-16H,5-10,18H2,1-4H3;/t12-,14?,15?,16?;/m1./s1. The fraction of sp³-hybridized carbons (Fsp3) is 0.882. The molecule has 1 aromatic heterocycles. The Hall–Kier alpha value is 0.520. The molecule has 0 spiro atoms. The Morgan fingerprint density at radius 1 is 1.08 bits per heavy atom.